The van der Waals surface area contributed by atoms with Crippen LogP contribution in [-0.4, -0.2) is 11.6 Å². The predicted octanol–water partition coefficient (Wildman–Crippen LogP) is 2.87. The molecule has 0 saturated carbocycles. The van der Waals surface area contributed by atoms with Crippen LogP contribution in [0, 0.1) is 0 Å². The third-order valence-electron chi connectivity index (χ3n) is 2.25. The molecule has 0 fully saturated rings. The number of hydrogen-bond donors (Lipinski definition) is 1. The number of nitrogens with zero attached hydrogens (tertiary/aromatic N) is 1. The first-order valence-corrected chi connectivity index (χ1v) is 6.43. The molecule has 86 valence electrons. The van der Waals surface area contributed by atoms with Crippen LogP contribution in [0.3, 0.4) is 0 Å². The summed E-state index contributed by atoms with van der Waals surface area (Å²) >= 11 is 1.64. The molecule has 0 bridgehead atoms. The smallest absolute Gasteiger partial charge is 0.119 e. The molecule has 0 spiro atoms. The largest absolute Gasteiger partial charge is 0.375 e. The quantitative estimate of drug-likeness (QED) is 0.780. The highest BCUT2D eigenvalue weighted by atomic mass is 32.1. The first-order valence-electron chi connectivity index (χ1n) is 5.55. The number of nitrogens with two attached hydrogens (primary N) is 1. The van der Waals surface area contributed by atoms with Crippen LogP contribution in [0.15, 0.2) is 5.38 Å². The second kappa shape index (κ2) is 6.93. The highest BCUT2D eigenvalue weighted by molar-refractivity contribution is 7.09. The summed E-state index contributed by atoms with van der Waals surface area (Å²) in [5.41, 5.74) is 7.04. The Kier molecular flexibility index (Phi) is 5.83. The van der Waals surface area contributed by atoms with E-state index in [1.165, 1.54) is 12.8 Å². The summed E-state index contributed by atoms with van der Waals surface area (Å²) in [6.45, 7) is 5.51. The molecule has 15 heavy (non-hydrogen) atoms. The maximum atomic E-state index is 6.03. The number of ether oxygens (including phenoxy) is 1. The van der Waals surface area contributed by atoms with Crippen molar-refractivity contribution in [3.63, 3.8) is 0 Å². The molecule has 0 aromatic carbocycles. The summed E-state index contributed by atoms with van der Waals surface area (Å²) in [6.07, 6.45) is 3.37. The van der Waals surface area contributed by atoms with Gasteiger partial charge in [0.1, 0.15) is 5.01 Å². The van der Waals surface area contributed by atoms with Gasteiger partial charge in [0.2, 0.25) is 0 Å². The Morgan fingerprint density at radius 2 is 2.33 bits per heavy atom. The number of rotatable bonds is 7. The van der Waals surface area contributed by atoms with Gasteiger partial charge in [-0.25, -0.2) is 4.98 Å². The van der Waals surface area contributed by atoms with E-state index in [0.717, 1.165) is 23.7 Å². The summed E-state index contributed by atoms with van der Waals surface area (Å²) in [7, 11) is 0. The topological polar surface area (TPSA) is 48.1 Å². The van der Waals surface area contributed by atoms with Crippen molar-refractivity contribution in [3.05, 3.63) is 16.1 Å². The Morgan fingerprint density at radius 3 is 3.00 bits per heavy atom. The molecule has 1 unspecified atom stereocenters. The zero-order chi connectivity index (χ0) is 11.1. The third-order valence-corrected chi connectivity index (χ3v) is 3.09. The number of hydrogen-bond acceptors (Lipinski definition) is 4. The lowest BCUT2D eigenvalue weighted by Crippen LogP contribution is -2.10. The lowest BCUT2D eigenvalue weighted by molar-refractivity contribution is 0.133. The lowest BCUT2D eigenvalue weighted by Gasteiger charge is -2.06. The Bertz CT molecular complexity index is 275. The molecule has 0 radical (unpaired) electrons. The maximum Gasteiger partial charge on any atom is 0.119 e. The number of thiazole rings is 1. The van der Waals surface area contributed by atoms with E-state index in [9.17, 15) is 0 Å². The summed E-state index contributed by atoms with van der Waals surface area (Å²) in [5.74, 6) is 0. The molecule has 1 aromatic rings. The zero-order valence-corrected chi connectivity index (χ0v) is 10.3. The summed E-state index contributed by atoms with van der Waals surface area (Å²) < 4.78 is 5.30. The zero-order valence-electron chi connectivity index (χ0n) is 9.53. The van der Waals surface area contributed by atoms with Gasteiger partial charge in [-0.15, -0.1) is 11.3 Å². The van der Waals surface area contributed by atoms with Crippen molar-refractivity contribution in [2.75, 3.05) is 6.61 Å². The molecular formula is C11H20N2OS. The Balaban J connectivity index is 2.43. The van der Waals surface area contributed by atoms with Crippen LogP contribution < -0.4 is 5.73 Å². The van der Waals surface area contributed by atoms with Crippen LogP contribution >= 0.6 is 11.3 Å². The first kappa shape index (κ1) is 12.6. The van der Waals surface area contributed by atoms with Crippen LogP contribution in [0.2, 0.25) is 0 Å². The van der Waals surface area contributed by atoms with Crippen LogP contribution in [0.4, 0.5) is 0 Å². The van der Waals surface area contributed by atoms with Gasteiger partial charge in [-0.1, -0.05) is 19.8 Å². The summed E-state index contributed by atoms with van der Waals surface area (Å²) in [4.78, 5) is 4.47. The maximum absolute atomic E-state index is 6.03. The molecule has 4 heteroatoms. The molecule has 1 atom stereocenters. The molecule has 0 aliphatic carbocycles. The molecule has 0 aliphatic rings. The second-order valence-electron chi connectivity index (χ2n) is 3.55. The molecule has 0 saturated heterocycles. The van der Waals surface area contributed by atoms with Crippen molar-refractivity contribution in [3.8, 4) is 0 Å². The normalized spacial score (nSPS) is 13.0. The van der Waals surface area contributed by atoms with E-state index in [-0.39, 0.29) is 6.04 Å². The standard InChI is InChI=1S/C11H20N2OS/c1-3-5-6-9(12)10-8-15-11(13-10)7-14-4-2/h8-9H,3-7,12H2,1-2H3. The minimum atomic E-state index is 0.0941. The number of aromatic nitrogens is 1. The van der Waals surface area contributed by atoms with E-state index >= 15 is 0 Å². The van der Waals surface area contributed by atoms with E-state index in [4.69, 9.17) is 10.5 Å². The lowest BCUT2D eigenvalue weighted by atomic mass is 10.1. The van der Waals surface area contributed by atoms with E-state index in [1.54, 1.807) is 11.3 Å². The van der Waals surface area contributed by atoms with Gasteiger partial charge in [-0.3, -0.25) is 0 Å². The fourth-order valence-electron chi connectivity index (χ4n) is 1.32. The first-order chi connectivity index (χ1) is 7.27. The van der Waals surface area contributed by atoms with Gasteiger partial charge in [0.05, 0.1) is 12.3 Å². The average Bonchev–Trinajstić information content (AvgIpc) is 2.71. The van der Waals surface area contributed by atoms with E-state index in [1.807, 2.05) is 6.92 Å². The van der Waals surface area contributed by atoms with E-state index in [2.05, 4.69) is 17.3 Å². The predicted molar refractivity (Wildman–Crippen MR) is 63.9 cm³/mol. The SMILES string of the molecule is CCCCC(N)c1csc(COCC)n1. The summed E-state index contributed by atoms with van der Waals surface area (Å²) in [5, 5.41) is 3.08. The Hall–Kier alpha value is -0.450. The fraction of sp³-hybridized carbons (Fsp3) is 0.727. The molecule has 2 N–H and O–H groups in total. The van der Waals surface area contributed by atoms with Crippen molar-refractivity contribution in [1.29, 1.82) is 0 Å². The van der Waals surface area contributed by atoms with E-state index < -0.39 is 0 Å². The van der Waals surface area contributed by atoms with Crippen LogP contribution in [0.25, 0.3) is 0 Å². The van der Waals surface area contributed by atoms with Crippen molar-refractivity contribution < 1.29 is 4.74 Å². The average molecular weight is 228 g/mol. The van der Waals surface area contributed by atoms with Crippen LogP contribution in [0.1, 0.15) is 49.9 Å². The monoisotopic (exact) mass is 228 g/mol. The van der Waals surface area contributed by atoms with E-state index in [0.29, 0.717) is 6.61 Å². The molecule has 3 nitrogen and oxygen atoms in total. The molecule has 1 aromatic heterocycles. The number of unbranched alkanes of at least 4 members (excludes halogenated alkanes) is 1. The third kappa shape index (κ3) is 4.28. The van der Waals surface area contributed by atoms with Crippen molar-refractivity contribution in [2.45, 2.75) is 45.8 Å². The highest BCUT2D eigenvalue weighted by Crippen LogP contribution is 2.19. The summed E-state index contributed by atoms with van der Waals surface area (Å²) in [6, 6.07) is 0.0941. The van der Waals surface area contributed by atoms with Crippen molar-refractivity contribution >= 4 is 11.3 Å². The van der Waals surface area contributed by atoms with Gasteiger partial charge >= 0.3 is 0 Å². The fourth-order valence-corrected chi connectivity index (χ4v) is 2.12. The highest BCUT2D eigenvalue weighted by Gasteiger charge is 2.09. The second-order valence-corrected chi connectivity index (χ2v) is 4.49. The van der Waals surface area contributed by atoms with Gasteiger partial charge in [0.15, 0.2) is 0 Å². The Labute approximate surface area is 95.7 Å². The van der Waals surface area contributed by atoms with Crippen molar-refractivity contribution in [1.82, 2.24) is 4.98 Å². The molecule has 1 heterocycles. The molecule has 0 amide bonds. The minimum Gasteiger partial charge on any atom is -0.375 e. The van der Waals surface area contributed by atoms with Gasteiger partial charge in [-0.05, 0) is 13.3 Å². The minimum absolute atomic E-state index is 0.0941. The van der Waals surface area contributed by atoms with Crippen molar-refractivity contribution in [2.24, 2.45) is 5.73 Å². The van der Waals surface area contributed by atoms with Crippen LogP contribution in [0.5, 0.6) is 0 Å². The van der Waals surface area contributed by atoms with Gasteiger partial charge in [-0.2, -0.15) is 0 Å². The van der Waals surface area contributed by atoms with Crippen LogP contribution in [-0.2, 0) is 11.3 Å². The molecule has 0 aliphatic heterocycles. The van der Waals surface area contributed by atoms with Gasteiger partial charge < -0.3 is 10.5 Å². The van der Waals surface area contributed by atoms with Gasteiger partial charge in [0.25, 0.3) is 0 Å². The Morgan fingerprint density at radius 1 is 1.53 bits per heavy atom. The molecular weight excluding hydrogens is 208 g/mol. The van der Waals surface area contributed by atoms with Gasteiger partial charge in [0, 0.05) is 18.0 Å². The molecule has 1 rings (SSSR count).